The molecule has 112 valence electrons. The molecule has 1 aromatic heterocycles. The molecule has 23 heavy (non-hydrogen) atoms. The minimum absolute atomic E-state index is 0.0117. The molecule has 3 rings (SSSR count). The zero-order valence-electron chi connectivity index (χ0n) is 11.8. The highest BCUT2D eigenvalue weighted by Crippen LogP contribution is 2.32. The van der Waals surface area contributed by atoms with Gasteiger partial charge in [-0.1, -0.05) is 35.9 Å². The van der Waals surface area contributed by atoms with Crippen molar-refractivity contribution >= 4 is 11.6 Å². The molecule has 0 saturated heterocycles. The van der Waals surface area contributed by atoms with Crippen LogP contribution in [0, 0.1) is 11.3 Å². The van der Waals surface area contributed by atoms with Crippen molar-refractivity contribution in [2.24, 2.45) is 0 Å². The van der Waals surface area contributed by atoms with Crippen molar-refractivity contribution < 1.29 is 9.52 Å². The van der Waals surface area contributed by atoms with Gasteiger partial charge in [0.2, 0.25) is 0 Å². The number of phenols is 1. The largest absolute Gasteiger partial charge is 0.507 e. The van der Waals surface area contributed by atoms with Crippen molar-refractivity contribution in [1.29, 1.82) is 5.26 Å². The second-order valence-electron chi connectivity index (χ2n) is 4.82. The molecule has 0 fully saturated rings. The summed E-state index contributed by atoms with van der Waals surface area (Å²) in [6.45, 7) is 0. The quantitative estimate of drug-likeness (QED) is 0.766. The molecule has 0 aliphatic rings. The normalized spacial score (nSPS) is 10.3. The summed E-state index contributed by atoms with van der Waals surface area (Å²) < 4.78 is 5.19. The molecule has 1 heterocycles. The minimum atomic E-state index is -0.752. The first-order chi connectivity index (χ1) is 11.1. The molecular formula is C18H10ClNO3. The zero-order valence-corrected chi connectivity index (χ0v) is 12.5. The van der Waals surface area contributed by atoms with Crippen LogP contribution in [-0.2, 0) is 0 Å². The number of halogens is 1. The standard InChI is InChI=1S/C18H10ClNO3/c19-12-7-5-11(6-8-12)14-9-17(23-18(22)15(14)10-20)13-3-1-2-4-16(13)21/h1-9,21H. The van der Waals surface area contributed by atoms with Crippen molar-refractivity contribution in [3.05, 3.63) is 75.6 Å². The molecule has 0 saturated carbocycles. The number of hydrogen-bond acceptors (Lipinski definition) is 4. The van der Waals surface area contributed by atoms with Gasteiger partial charge in [-0.25, -0.2) is 4.79 Å². The monoisotopic (exact) mass is 323 g/mol. The van der Waals surface area contributed by atoms with E-state index in [-0.39, 0.29) is 17.1 Å². The predicted molar refractivity (Wildman–Crippen MR) is 87.2 cm³/mol. The van der Waals surface area contributed by atoms with E-state index in [1.807, 2.05) is 6.07 Å². The molecule has 0 bridgehead atoms. The second kappa shape index (κ2) is 5.99. The van der Waals surface area contributed by atoms with Crippen LogP contribution in [0.15, 0.2) is 63.8 Å². The molecule has 0 radical (unpaired) electrons. The Kier molecular flexibility index (Phi) is 3.88. The molecule has 1 N–H and O–H groups in total. The summed E-state index contributed by atoms with van der Waals surface area (Å²) in [5, 5.41) is 19.7. The van der Waals surface area contributed by atoms with Crippen LogP contribution in [0.3, 0.4) is 0 Å². The van der Waals surface area contributed by atoms with E-state index in [4.69, 9.17) is 16.0 Å². The summed E-state index contributed by atoms with van der Waals surface area (Å²) >= 11 is 5.87. The molecule has 0 atom stereocenters. The number of para-hydroxylation sites is 1. The first-order valence-corrected chi connectivity index (χ1v) is 7.10. The topological polar surface area (TPSA) is 74.2 Å². The Morgan fingerprint density at radius 3 is 2.39 bits per heavy atom. The van der Waals surface area contributed by atoms with E-state index >= 15 is 0 Å². The number of aromatic hydroxyl groups is 1. The Bertz CT molecular complexity index is 969. The van der Waals surface area contributed by atoms with Crippen LogP contribution in [0.25, 0.3) is 22.5 Å². The third-order valence-electron chi connectivity index (χ3n) is 3.39. The van der Waals surface area contributed by atoms with E-state index in [1.165, 1.54) is 6.07 Å². The van der Waals surface area contributed by atoms with Crippen LogP contribution < -0.4 is 5.63 Å². The van der Waals surface area contributed by atoms with E-state index in [9.17, 15) is 15.2 Å². The van der Waals surface area contributed by atoms with Crippen molar-refractivity contribution in [3.8, 4) is 34.3 Å². The van der Waals surface area contributed by atoms with Crippen LogP contribution in [0.1, 0.15) is 5.56 Å². The fraction of sp³-hybridized carbons (Fsp3) is 0. The Hall–Kier alpha value is -3.03. The molecule has 3 aromatic rings. The first-order valence-electron chi connectivity index (χ1n) is 6.72. The van der Waals surface area contributed by atoms with Crippen molar-refractivity contribution in [1.82, 2.24) is 0 Å². The van der Waals surface area contributed by atoms with Gasteiger partial charge in [0.05, 0.1) is 5.56 Å². The molecule has 0 unspecified atom stereocenters. The van der Waals surface area contributed by atoms with E-state index < -0.39 is 5.63 Å². The summed E-state index contributed by atoms with van der Waals surface area (Å²) in [6.07, 6.45) is 0. The Balaban J connectivity index is 2.27. The van der Waals surface area contributed by atoms with Gasteiger partial charge >= 0.3 is 5.63 Å². The molecule has 0 aliphatic heterocycles. The van der Waals surface area contributed by atoms with Gasteiger partial charge in [0.15, 0.2) is 0 Å². The third kappa shape index (κ3) is 2.83. The number of phenolic OH excluding ortho intramolecular Hbond substituents is 1. The van der Waals surface area contributed by atoms with Crippen LogP contribution in [0.5, 0.6) is 5.75 Å². The third-order valence-corrected chi connectivity index (χ3v) is 3.64. The Morgan fingerprint density at radius 2 is 1.74 bits per heavy atom. The van der Waals surface area contributed by atoms with E-state index in [1.54, 1.807) is 48.5 Å². The lowest BCUT2D eigenvalue weighted by molar-refractivity contribution is 0.470. The van der Waals surface area contributed by atoms with E-state index in [2.05, 4.69) is 0 Å². The van der Waals surface area contributed by atoms with Crippen LogP contribution in [-0.4, -0.2) is 5.11 Å². The van der Waals surface area contributed by atoms with Gasteiger partial charge in [0.1, 0.15) is 23.1 Å². The van der Waals surface area contributed by atoms with Crippen molar-refractivity contribution in [2.75, 3.05) is 0 Å². The van der Waals surface area contributed by atoms with Crippen LogP contribution in [0.2, 0.25) is 5.02 Å². The van der Waals surface area contributed by atoms with Gasteiger partial charge in [-0.2, -0.15) is 5.26 Å². The van der Waals surface area contributed by atoms with E-state index in [0.717, 1.165) is 0 Å². The molecule has 0 spiro atoms. The zero-order chi connectivity index (χ0) is 16.4. The van der Waals surface area contributed by atoms with Crippen molar-refractivity contribution in [3.63, 3.8) is 0 Å². The predicted octanol–water partition coefficient (Wildman–Crippen LogP) is 4.20. The second-order valence-corrected chi connectivity index (χ2v) is 5.26. The van der Waals surface area contributed by atoms with Gasteiger partial charge in [-0.15, -0.1) is 0 Å². The lowest BCUT2D eigenvalue weighted by Crippen LogP contribution is -2.07. The molecule has 2 aromatic carbocycles. The smallest absolute Gasteiger partial charge is 0.354 e. The highest BCUT2D eigenvalue weighted by molar-refractivity contribution is 6.30. The molecule has 0 amide bonds. The summed E-state index contributed by atoms with van der Waals surface area (Å²) in [7, 11) is 0. The first kappa shape index (κ1) is 14.9. The molecule has 0 aliphatic carbocycles. The Labute approximate surface area is 136 Å². The maximum atomic E-state index is 12.1. The number of rotatable bonds is 2. The van der Waals surface area contributed by atoms with E-state index in [0.29, 0.717) is 21.7 Å². The number of benzene rings is 2. The lowest BCUT2D eigenvalue weighted by Gasteiger charge is -2.08. The summed E-state index contributed by atoms with van der Waals surface area (Å²) in [6, 6.07) is 16.7. The van der Waals surface area contributed by atoms with Crippen LogP contribution >= 0.6 is 11.6 Å². The average Bonchev–Trinajstić information content (AvgIpc) is 2.55. The highest BCUT2D eigenvalue weighted by Gasteiger charge is 2.16. The maximum absolute atomic E-state index is 12.1. The molecular weight excluding hydrogens is 314 g/mol. The molecule has 4 nitrogen and oxygen atoms in total. The number of nitrogens with zero attached hydrogens (tertiary/aromatic N) is 1. The highest BCUT2D eigenvalue weighted by atomic mass is 35.5. The summed E-state index contributed by atoms with van der Waals surface area (Å²) in [5.41, 5.74) is 0.628. The fourth-order valence-electron chi connectivity index (χ4n) is 2.27. The molecule has 5 heteroatoms. The average molecular weight is 324 g/mol. The van der Waals surface area contributed by atoms with Crippen molar-refractivity contribution in [2.45, 2.75) is 0 Å². The maximum Gasteiger partial charge on any atom is 0.354 e. The summed E-state index contributed by atoms with van der Waals surface area (Å²) in [4.78, 5) is 12.1. The Morgan fingerprint density at radius 1 is 1.04 bits per heavy atom. The van der Waals surface area contributed by atoms with Gasteiger partial charge in [0, 0.05) is 10.6 Å². The summed E-state index contributed by atoms with van der Waals surface area (Å²) in [5.74, 6) is 0.180. The minimum Gasteiger partial charge on any atom is -0.507 e. The van der Waals surface area contributed by atoms with Crippen LogP contribution in [0.4, 0.5) is 0 Å². The number of hydrogen-bond donors (Lipinski definition) is 1. The van der Waals surface area contributed by atoms with Gasteiger partial charge in [0.25, 0.3) is 0 Å². The SMILES string of the molecule is N#Cc1c(-c2ccc(Cl)cc2)cc(-c2ccccc2O)oc1=O. The van der Waals surface area contributed by atoms with Gasteiger partial charge in [-0.05, 0) is 35.9 Å². The fourth-order valence-corrected chi connectivity index (χ4v) is 2.40. The van der Waals surface area contributed by atoms with Gasteiger partial charge in [-0.3, -0.25) is 0 Å². The lowest BCUT2D eigenvalue weighted by atomic mass is 10.00. The van der Waals surface area contributed by atoms with Gasteiger partial charge < -0.3 is 9.52 Å². The number of nitriles is 1.